The van der Waals surface area contributed by atoms with Crippen molar-refractivity contribution >= 4 is 28.9 Å². The fourth-order valence-corrected chi connectivity index (χ4v) is 4.71. The molecule has 1 fully saturated rings. The maximum atomic E-state index is 11.2. The molecule has 1 N–H and O–H groups in total. The van der Waals surface area contributed by atoms with E-state index in [-0.39, 0.29) is 17.8 Å². The van der Waals surface area contributed by atoms with E-state index in [1.807, 2.05) is 36.6 Å². The molecule has 0 spiro atoms. The number of halogens is 1. The molecule has 31 heavy (non-hydrogen) atoms. The Labute approximate surface area is 190 Å². The number of rotatable bonds is 7. The molecular formula is C23H24ClN3O3S. The van der Waals surface area contributed by atoms with Crippen molar-refractivity contribution in [2.24, 2.45) is 0 Å². The zero-order chi connectivity index (χ0) is 21.8. The molecule has 0 amide bonds. The Morgan fingerprint density at radius 1 is 1.29 bits per heavy atom. The highest BCUT2D eigenvalue weighted by Gasteiger charge is 2.26. The third-order valence-corrected chi connectivity index (χ3v) is 6.60. The smallest absolute Gasteiger partial charge is 0.335 e. The van der Waals surface area contributed by atoms with Crippen LogP contribution < -0.4 is 0 Å². The summed E-state index contributed by atoms with van der Waals surface area (Å²) < 4.78 is 6.55. The van der Waals surface area contributed by atoms with Gasteiger partial charge in [0.25, 0.3) is 0 Å². The third-order valence-electron chi connectivity index (χ3n) is 5.35. The minimum atomic E-state index is -0.929. The number of aromatic nitrogens is 2. The monoisotopic (exact) mass is 457 g/mol. The van der Waals surface area contributed by atoms with Gasteiger partial charge in [-0.05, 0) is 49.6 Å². The van der Waals surface area contributed by atoms with E-state index in [1.54, 1.807) is 23.6 Å². The highest BCUT2D eigenvalue weighted by atomic mass is 35.5. The molecular weight excluding hydrogens is 434 g/mol. The Morgan fingerprint density at radius 3 is 2.68 bits per heavy atom. The molecule has 3 aromatic rings. The predicted molar refractivity (Wildman–Crippen MR) is 121 cm³/mol. The van der Waals surface area contributed by atoms with Crippen molar-refractivity contribution < 1.29 is 14.6 Å². The first kappa shape index (κ1) is 21.9. The molecule has 1 saturated heterocycles. The van der Waals surface area contributed by atoms with Crippen LogP contribution >= 0.6 is 22.9 Å². The summed E-state index contributed by atoms with van der Waals surface area (Å²) in [5.74, 6) is -0.929. The number of piperidine rings is 1. The molecule has 8 heteroatoms. The molecule has 1 aliphatic rings. The number of nitrogens with zero attached hydrogens (tertiary/aromatic N) is 3. The van der Waals surface area contributed by atoms with Gasteiger partial charge < -0.3 is 9.84 Å². The summed E-state index contributed by atoms with van der Waals surface area (Å²) in [4.78, 5) is 22.4. The van der Waals surface area contributed by atoms with Gasteiger partial charge in [-0.25, -0.2) is 9.78 Å². The first-order chi connectivity index (χ1) is 15.0. The predicted octanol–water partition coefficient (Wildman–Crippen LogP) is 4.97. The summed E-state index contributed by atoms with van der Waals surface area (Å²) in [6.07, 6.45) is 3.27. The summed E-state index contributed by atoms with van der Waals surface area (Å²) in [6, 6.07) is 10.9. The number of ether oxygens (including phenoxy) is 1. The van der Waals surface area contributed by atoms with E-state index in [1.165, 1.54) is 6.07 Å². The van der Waals surface area contributed by atoms with Crippen LogP contribution in [0.25, 0.3) is 0 Å². The Bertz CT molecular complexity index is 1030. The molecule has 1 aromatic carbocycles. The van der Waals surface area contributed by atoms with Crippen LogP contribution in [-0.4, -0.2) is 45.1 Å². The molecule has 2 aromatic heterocycles. The van der Waals surface area contributed by atoms with Crippen molar-refractivity contribution in [3.63, 3.8) is 0 Å². The van der Waals surface area contributed by atoms with Gasteiger partial charge in [0.1, 0.15) is 11.1 Å². The molecule has 4 rings (SSSR count). The Balaban J connectivity index is 1.39. The number of carbonyl (C=O) groups is 1. The lowest BCUT2D eigenvalue weighted by Crippen LogP contribution is -2.37. The van der Waals surface area contributed by atoms with Gasteiger partial charge in [0.15, 0.2) is 0 Å². The van der Waals surface area contributed by atoms with Gasteiger partial charge in [-0.1, -0.05) is 23.7 Å². The molecule has 0 aliphatic carbocycles. The normalized spacial score (nSPS) is 16.3. The summed E-state index contributed by atoms with van der Waals surface area (Å²) in [6.45, 7) is 4.37. The fourth-order valence-electron chi connectivity index (χ4n) is 3.73. The third kappa shape index (κ3) is 5.68. The number of benzene rings is 1. The Hall–Kier alpha value is -2.32. The van der Waals surface area contributed by atoms with Gasteiger partial charge in [-0.2, -0.15) is 0 Å². The van der Waals surface area contributed by atoms with E-state index < -0.39 is 5.97 Å². The van der Waals surface area contributed by atoms with Gasteiger partial charge in [0.2, 0.25) is 0 Å². The molecule has 162 valence electrons. The summed E-state index contributed by atoms with van der Waals surface area (Å²) >= 11 is 7.69. The van der Waals surface area contributed by atoms with Crippen molar-refractivity contribution in [1.82, 2.24) is 14.9 Å². The summed E-state index contributed by atoms with van der Waals surface area (Å²) in [5.41, 5.74) is 3.09. The highest BCUT2D eigenvalue weighted by Crippen LogP contribution is 2.32. The molecule has 3 heterocycles. The lowest BCUT2D eigenvalue weighted by Gasteiger charge is -2.33. The minimum Gasteiger partial charge on any atom is -0.478 e. The maximum absolute atomic E-state index is 11.2. The van der Waals surface area contributed by atoms with Gasteiger partial charge in [-0.3, -0.25) is 9.88 Å². The van der Waals surface area contributed by atoms with E-state index in [9.17, 15) is 4.79 Å². The quantitative estimate of drug-likeness (QED) is 0.540. The van der Waals surface area contributed by atoms with Crippen molar-refractivity contribution in [2.45, 2.75) is 38.5 Å². The van der Waals surface area contributed by atoms with Gasteiger partial charge in [0, 0.05) is 41.9 Å². The fraction of sp³-hybridized carbons (Fsp3) is 0.348. The van der Waals surface area contributed by atoms with Crippen LogP contribution in [0, 0.1) is 6.92 Å². The van der Waals surface area contributed by atoms with E-state index in [4.69, 9.17) is 21.4 Å². The highest BCUT2D eigenvalue weighted by molar-refractivity contribution is 7.09. The Morgan fingerprint density at radius 2 is 2.03 bits per heavy atom. The van der Waals surface area contributed by atoms with Crippen molar-refractivity contribution in [3.8, 4) is 0 Å². The molecule has 1 unspecified atom stereocenters. The number of thiazole rings is 1. The van der Waals surface area contributed by atoms with Crippen LogP contribution in [0.15, 0.2) is 48.0 Å². The topological polar surface area (TPSA) is 75.5 Å². The zero-order valence-electron chi connectivity index (χ0n) is 17.2. The van der Waals surface area contributed by atoms with Crippen molar-refractivity contribution in [2.75, 3.05) is 13.1 Å². The van der Waals surface area contributed by atoms with Crippen LogP contribution in [0.3, 0.4) is 0 Å². The van der Waals surface area contributed by atoms with Crippen LogP contribution in [0.4, 0.5) is 0 Å². The van der Waals surface area contributed by atoms with Crippen molar-refractivity contribution in [1.29, 1.82) is 0 Å². The molecule has 6 nitrogen and oxygen atoms in total. The van der Waals surface area contributed by atoms with Crippen LogP contribution in [0.2, 0.25) is 5.02 Å². The molecule has 0 bridgehead atoms. The second-order valence-electron chi connectivity index (χ2n) is 7.71. The van der Waals surface area contributed by atoms with Gasteiger partial charge >= 0.3 is 5.97 Å². The lowest BCUT2D eigenvalue weighted by atomic mass is 10.1. The Kier molecular flexibility index (Phi) is 6.97. The zero-order valence-corrected chi connectivity index (χ0v) is 18.8. The van der Waals surface area contributed by atoms with E-state index >= 15 is 0 Å². The summed E-state index contributed by atoms with van der Waals surface area (Å²) in [7, 11) is 0. The maximum Gasteiger partial charge on any atom is 0.335 e. The number of carboxylic acid groups (broad SMARTS) is 1. The minimum absolute atomic E-state index is 0.124. The molecule has 0 saturated carbocycles. The number of pyridine rings is 1. The molecule has 1 aliphatic heterocycles. The van der Waals surface area contributed by atoms with Crippen LogP contribution in [0.5, 0.6) is 0 Å². The largest absolute Gasteiger partial charge is 0.478 e. The number of carboxylic acids is 1. The first-order valence-corrected chi connectivity index (χ1v) is 11.5. The second kappa shape index (κ2) is 9.87. The molecule has 0 radical (unpaired) electrons. The number of hydrogen-bond acceptors (Lipinski definition) is 6. The average Bonchev–Trinajstić information content (AvgIpc) is 3.20. The van der Waals surface area contributed by atoms with Crippen LogP contribution in [0.1, 0.15) is 51.3 Å². The number of aryl methyl sites for hydroxylation is 1. The second-order valence-corrected chi connectivity index (χ2v) is 9.04. The van der Waals surface area contributed by atoms with Crippen molar-refractivity contribution in [3.05, 3.63) is 80.5 Å². The lowest BCUT2D eigenvalue weighted by molar-refractivity contribution is -0.0283. The van der Waals surface area contributed by atoms with E-state index in [0.29, 0.717) is 11.6 Å². The number of hydrogen-bond donors (Lipinski definition) is 1. The van der Waals surface area contributed by atoms with E-state index in [0.717, 1.165) is 47.9 Å². The first-order valence-electron chi connectivity index (χ1n) is 10.2. The molecule has 1 atom stereocenters. The van der Waals surface area contributed by atoms with Gasteiger partial charge in [-0.15, -0.1) is 11.3 Å². The number of likely N-dealkylation sites (tertiary alicyclic amines) is 1. The average molecular weight is 458 g/mol. The van der Waals surface area contributed by atoms with Gasteiger partial charge in [0.05, 0.1) is 17.4 Å². The SMILES string of the molecule is Cc1csc(C(OC2CCN(Cc3cc(C(=O)O)ccn3)CC2)c2ccc(Cl)cc2)n1. The van der Waals surface area contributed by atoms with Crippen LogP contribution in [-0.2, 0) is 11.3 Å². The number of aromatic carboxylic acids is 1. The van der Waals surface area contributed by atoms with E-state index in [2.05, 4.69) is 14.9 Å². The summed E-state index contributed by atoms with van der Waals surface area (Å²) in [5, 5.41) is 12.9. The standard InChI is InChI=1S/C23H24ClN3O3S/c1-15-14-31-22(26-15)21(16-2-4-18(24)5-3-16)30-20-7-10-27(11-8-20)13-19-12-17(23(28)29)6-9-25-19/h2-6,9,12,14,20-21H,7-8,10-11,13H2,1H3,(H,28,29).